The highest BCUT2D eigenvalue weighted by Crippen LogP contribution is 2.24. The zero-order valence-electron chi connectivity index (χ0n) is 14.3. The van der Waals surface area contributed by atoms with Crippen LogP contribution in [0.1, 0.15) is 15.9 Å². The van der Waals surface area contributed by atoms with Gasteiger partial charge in [0.05, 0.1) is 21.0 Å². The van der Waals surface area contributed by atoms with Crippen molar-refractivity contribution >= 4 is 31.7 Å². The SMILES string of the molecule is Cc1ccc(NS(=O)(=O)c2cccc(C(=O)O)c2)cc1S(=O)(=O)N(C)C. The molecule has 0 atom stereocenters. The number of rotatable bonds is 6. The zero-order valence-corrected chi connectivity index (χ0v) is 15.9. The van der Waals surface area contributed by atoms with Crippen molar-refractivity contribution in [1.82, 2.24) is 4.31 Å². The van der Waals surface area contributed by atoms with Gasteiger partial charge in [0, 0.05) is 14.1 Å². The summed E-state index contributed by atoms with van der Waals surface area (Å²) < 4.78 is 53.0. The highest BCUT2D eigenvalue weighted by atomic mass is 32.2. The van der Waals surface area contributed by atoms with E-state index in [0.29, 0.717) is 5.56 Å². The number of anilines is 1. The van der Waals surface area contributed by atoms with Crippen LogP contribution in [-0.2, 0) is 20.0 Å². The van der Waals surface area contributed by atoms with E-state index < -0.39 is 26.0 Å². The molecule has 0 fully saturated rings. The number of sulfonamides is 2. The fourth-order valence-corrected chi connectivity index (χ4v) is 4.39. The lowest BCUT2D eigenvalue weighted by atomic mass is 10.2. The van der Waals surface area contributed by atoms with E-state index in [-0.39, 0.29) is 21.0 Å². The minimum absolute atomic E-state index is 0.0259. The Hall–Kier alpha value is -2.43. The maximum atomic E-state index is 12.5. The van der Waals surface area contributed by atoms with Crippen LogP contribution in [0.2, 0.25) is 0 Å². The average molecular weight is 398 g/mol. The maximum Gasteiger partial charge on any atom is 0.335 e. The Balaban J connectivity index is 2.45. The summed E-state index contributed by atoms with van der Waals surface area (Å²) in [6, 6.07) is 9.01. The number of carboxylic acids is 1. The molecule has 0 unspecified atom stereocenters. The van der Waals surface area contributed by atoms with Gasteiger partial charge in [0.15, 0.2) is 0 Å². The number of carbonyl (C=O) groups is 1. The third-order valence-electron chi connectivity index (χ3n) is 3.59. The lowest BCUT2D eigenvalue weighted by Crippen LogP contribution is -2.23. The van der Waals surface area contributed by atoms with Crippen LogP contribution >= 0.6 is 0 Å². The summed E-state index contributed by atoms with van der Waals surface area (Å²) in [5.74, 6) is -1.25. The molecule has 0 saturated carbocycles. The van der Waals surface area contributed by atoms with Gasteiger partial charge in [0.2, 0.25) is 10.0 Å². The molecular formula is C16H18N2O6S2. The Morgan fingerprint density at radius 3 is 2.27 bits per heavy atom. The summed E-state index contributed by atoms with van der Waals surface area (Å²) in [4.78, 5) is 10.7. The molecule has 2 aromatic rings. The zero-order chi connectivity index (χ0) is 19.7. The van der Waals surface area contributed by atoms with Gasteiger partial charge in [-0.2, -0.15) is 0 Å². The molecular weight excluding hydrogens is 380 g/mol. The van der Waals surface area contributed by atoms with E-state index in [1.807, 2.05) is 0 Å². The van der Waals surface area contributed by atoms with Crippen molar-refractivity contribution in [3.63, 3.8) is 0 Å². The third kappa shape index (κ3) is 4.03. The van der Waals surface area contributed by atoms with Crippen LogP contribution in [-0.4, -0.2) is 46.3 Å². The second-order valence-corrected chi connectivity index (χ2v) is 9.51. The Kier molecular flexibility index (Phi) is 5.40. The van der Waals surface area contributed by atoms with Gasteiger partial charge in [0.25, 0.3) is 10.0 Å². The quantitative estimate of drug-likeness (QED) is 0.765. The first-order valence-corrected chi connectivity index (χ1v) is 10.3. The first kappa shape index (κ1) is 19.9. The number of aromatic carboxylic acids is 1. The van der Waals surface area contributed by atoms with E-state index in [1.165, 1.54) is 50.5 Å². The first-order valence-electron chi connectivity index (χ1n) is 7.34. The van der Waals surface area contributed by atoms with Gasteiger partial charge in [-0.3, -0.25) is 4.72 Å². The monoisotopic (exact) mass is 398 g/mol. The molecule has 10 heteroatoms. The van der Waals surface area contributed by atoms with E-state index in [2.05, 4.69) is 4.72 Å². The van der Waals surface area contributed by atoms with E-state index >= 15 is 0 Å². The lowest BCUT2D eigenvalue weighted by Gasteiger charge is -2.15. The molecule has 0 aliphatic rings. The smallest absolute Gasteiger partial charge is 0.335 e. The van der Waals surface area contributed by atoms with Crippen LogP contribution in [0, 0.1) is 6.92 Å². The maximum absolute atomic E-state index is 12.5. The predicted molar refractivity (Wildman–Crippen MR) is 96.3 cm³/mol. The van der Waals surface area contributed by atoms with Crippen LogP contribution in [0.15, 0.2) is 52.3 Å². The number of nitrogens with one attached hydrogen (secondary N) is 1. The number of hydrogen-bond acceptors (Lipinski definition) is 5. The second-order valence-electron chi connectivity index (χ2n) is 5.71. The third-order valence-corrected chi connectivity index (χ3v) is 6.93. The van der Waals surface area contributed by atoms with Crippen molar-refractivity contribution in [2.45, 2.75) is 16.7 Å². The van der Waals surface area contributed by atoms with Gasteiger partial charge in [-0.25, -0.2) is 25.9 Å². The van der Waals surface area contributed by atoms with E-state index in [1.54, 1.807) is 6.92 Å². The molecule has 2 rings (SSSR count). The minimum Gasteiger partial charge on any atom is -0.478 e. The molecule has 0 bridgehead atoms. The first-order chi connectivity index (χ1) is 11.9. The van der Waals surface area contributed by atoms with Crippen molar-refractivity contribution in [3.05, 3.63) is 53.6 Å². The van der Waals surface area contributed by atoms with Crippen molar-refractivity contribution in [2.24, 2.45) is 0 Å². The van der Waals surface area contributed by atoms with Crippen LogP contribution < -0.4 is 4.72 Å². The fraction of sp³-hybridized carbons (Fsp3) is 0.188. The van der Waals surface area contributed by atoms with Gasteiger partial charge in [-0.1, -0.05) is 12.1 Å². The summed E-state index contributed by atoms with van der Waals surface area (Å²) in [6.07, 6.45) is 0. The molecule has 2 N–H and O–H groups in total. The van der Waals surface area contributed by atoms with Gasteiger partial charge < -0.3 is 5.11 Å². The van der Waals surface area contributed by atoms with Crippen LogP contribution in [0.5, 0.6) is 0 Å². The summed E-state index contributed by atoms with van der Waals surface area (Å²) >= 11 is 0. The highest BCUT2D eigenvalue weighted by Gasteiger charge is 2.22. The van der Waals surface area contributed by atoms with Crippen molar-refractivity contribution in [1.29, 1.82) is 0 Å². The molecule has 0 radical (unpaired) electrons. The van der Waals surface area contributed by atoms with Crippen LogP contribution in [0.3, 0.4) is 0 Å². The van der Waals surface area contributed by atoms with E-state index in [4.69, 9.17) is 5.11 Å². The second kappa shape index (κ2) is 7.06. The van der Waals surface area contributed by atoms with Crippen molar-refractivity contribution < 1.29 is 26.7 Å². The lowest BCUT2D eigenvalue weighted by molar-refractivity contribution is 0.0696. The molecule has 0 spiro atoms. The number of carboxylic acid groups (broad SMARTS) is 1. The molecule has 2 aromatic carbocycles. The van der Waals surface area contributed by atoms with Gasteiger partial charge in [-0.15, -0.1) is 0 Å². The van der Waals surface area contributed by atoms with Crippen LogP contribution in [0.25, 0.3) is 0 Å². The Bertz CT molecular complexity index is 1060. The molecule has 0 amide bonds. The minimum atomic E-state index is -4.09. The van der Waals surface area contributed by atoms with Crippen molar-refractivity contribution in [3.8, 4) is 0 Å². The molecule has 0 heterocycles. The van der Waals surface area contributed by atoms with Gasteiger partial charge in [0.1, 0.15) is 0 Å². The molecule has 140 valence electrons. The molecule has 26 heavy (non-hydrogen) atoms. The molecule has 0 aliphatic heterocycles. The summed E-state index contributed by atoms with van der Waals surface area (Å²) in [6.45, 7) is 1.60. The van der Waals surface area contributed by atoms with E-state index in [9.17, 15) is 21.6 Å². The number of aryl methyl sites for hydroxylation is 1. The summed E-state index contributed by atoms with van der Waals surface area (Å²) in [5, 5.41) is 8.99. The average Bonchev–Trinajstić information content (AvgIpc) is 2.56. The number of nitrogens with zero attached hydrogens (tertiary/aromatic N) is 1. The Morgan fingerprint density at radius 1 is 1.04 bits per heavy atom. The van der Waals surface area contributed by atoms with Crippen molar-refractivity contribution in [2.75, 3.05) is 18.8 Å². The van der Waals surface area contributed by atoms with Crippen LogP contribution in [0.4, 0.5) is 5.69 Å². The number of hydrogen-bond donors (Lipinski definition) is 2. The van der Waals surface area contributed by atoms with Gasteiger partial charge in [-0.05, 0) is 42.8 Å². The predicted octanol–water partition coefficient (Wildman–Crippen LogP) is 1.74. The molecule has 0 saturated heterocycles. The molecule has 0 aliphatic carbocycles. The van der Waals surface area contributed by atoms with E-state index in [0.717, 1.165) is 10.4 Å². The van der Waals surface area contributed by atoms with Gasteiger partial charge >= 0.3 is 5.97 Å². The summed E-state index contributed by atoms with van der Waals surface area (Å²) in [5.41, 5.74) is 0.346. The fourth-order valence-electron chi connectivity index (χ4n) is 2.15. The molecule has 0 aromatic heterocycles. The normalized spacial score (nSPS) is 12.2. The number of benzene rings is 2. The topological polar surface area (TPSA) is 121 Å². The molecule has 8 nitrogen and oxygen atoms in total. The summed E-state index contributed by atoms with van der Waals surface area (Å²) in [7, 11) is -5.08. The largest absolute Gasteiger partial charge is 0.478 e. The Morgan fingerprint density at radius 2 is 1.69 bits per heavy atom. The standard InChI is InChI=1S/C16H18N2O6S2/c1-11-7-8-13(10-15(11)26(23,24)18(2)3)17-25(21,22)14-6-4-5-12(9-14)16(19)20/h4-10,17H,1-3H3,(H,19,20). The highest BCUT2D eigenvalue weighted by molar-refractivity contribution is 7.92. The Labute approximate surface area is 152 Å².